The van der Waals surface area contributed by atoms with Gasteiger partial charge in [-0.3, -0.25) is 4.68 Å². The lowest BCUT2D eigenvalue weighted by molar-refractivity contribution is 0.340. The van der Waals surface area contributed by atoms with E-state index in [1.165, 1.54) is 0 Å². The Bertz CT molecular complexity index is 761. The second-order valence-electron chi connectivity index (χ2n) is 4.49. The van der Waals surface area contributed by atoms with E-state index in [2.05, 4.69) is 20.6 Å². The maximum atomic E-state index is 5.91. The highest BCUT2D eigenvalue weighted by atomic mass is 16.5. The molecule has 8 nitrogen and oxygen atoms in total. The van der Waals surface area contributed by atoms with E-state index >= 15 is 0 Å². The molecule has 0 atom stereocenters. The zero-order valence-corrected chi connectivity index (χ0v) is 11.8. The van der Waals surface area contributed by atoms with Gasteiger partial charge in [0.15, 0.2) is 11.6 Å². The summed E-state index contributed by atoms with van der Waals surface area (Å²) in [5, 5.41) is 16.1. The Morgan fingerprint density at radius 3 is 2.86 bits per heavy atom. The fourth-order valence-electron chi connectivity index (χ4n) is 2.04. The molecule has 0 radical (unpaired) electrons. The van der Waals surface area contributed by atoms with Crippen molar-refractivity contribution in [1.29, 1.82) is 0 Å². The molecule has 0 unspecified atom stereocenters. The van der Waals surface area contributed by atoms with E-state index in [1.54, 1.807) is 21.5 Å². The van der Waals surface area contributed by atoms with Crippen LogP contribution in [0.4, 0.5) is 5.69 Å². The first kappa shape index (κ1) is 13.1. The molecule has 2 aromatic heterocycles. The number of ether oxygens (including phenoxy) is 1. The minimum absolute atomic E-state index is 0.557. The second-order valence-corrected chi connectivity index (χ2v) is 4.49. The first-order valence-electron chi connectivity index (χ1n) is 6.49. The van der Waals surface area contributed by atoms with Crippen LogP contribution >= 0.6 is 0 Å². The molecular formula is C13H15N7O. The van der Waals surface area contributed by atoms with E-state index in [9.17, 15) is 0 Å². The first-order valence-corrected chi connectivity index (χ1v) is 6.49. The van der Waals surface area contributed by atoms with E-state index < -0.39 is 0 Å². The van der Waals surface area contributed by atoms with Gasteiger partial charge in [-0.05, 0) is 29.5 Å². The SMILES string of the molecule is CCOc1cc(N)cc(-c2nnnn2-c2ccn(C)n2)c1. The summed E-state index contributed by atoms with van der Waals surface area (Å²) in [7, 11) is 1.83. The third kappa shape index (κ3) is 2.55. The van der Waals surface area contributed by atoms with Crippen LogP contribution in [0.5, 0.6) is 5.75 Å². The minimum Gasteiger partial charge on any atom is -0.494 e. The maximum Gasteiger partial charge on any atom is 0.189 e. The number of nitrogen functional groups attached to an aromatic ring is 1. The molecular weight excluding hydrogens is 270 g/mol. The molecule has 0 saturated heterocycles. The Kier molecular flexibility index (Phi) is 3.27. The Morgan fingerprint density at radius 2 is 2.14 bits per heavy atom. The highest BCUT2D eigenvalue weighted by molar-refractivity contribution is 5.65. The Labute approximate surface area is 121 Å². The van der Waals surface area contributed by atoms with E-state index in [0.717, 1.165) is 5.56 Å². The summed E-state index contributed by atoms with van der Waals surface area (Å²) in [6, 6.07) is 7.25. The Morgan fingerprint density at radius 1 is 1.29 bits per heavy atom. The standard InChI is InChI=1S/C13H15N7O/c1-3-21-11-7-9(6-10(14)8-11)13-15-17-18-20(13)12-4-5-19(2)16-12/h4-8H,3,14H2,1-2H3. The van der Waals surface area contributed by atoms with Crippen LogP contribution in [0.2, 0.25) is 0 Å². The van der Waals surface area contributed by atoms with Gasteiger partial charge in [-0.25, -0.2) is 0 Å². The summed E-state index contributed by atoms with van der Waals surface area (Å²) < 4.78 is 8.74. The summed E-state index contributed by atoms with van der Waals surface area (Å²) >= 11 is 0. The Hall–Kier alpha value is -2.90. The van der Waals surface area contributed by atoms with Crippen LogP contribution in [-0.2, 0) is 7.05 Å². The van der Waals surface area contributed by atoms with Crippen molar-refractivity contribution in [1.82, 2.24) is 30.0 Å². The molecule has 2 N–H and O–H groups in total. The number of aromatic nitrogens is 6. The molecule has 21 heavy (non-hydrogen) atoms. The maximum absolute atomic E-state index is 5.91. The molecule has 0 aliphatic carbocycles. The lowest BCUT2D eigenvalue weighted by Crippen LogP contribution is -2.02. The van der Waals surface area contributed by atoms with Gasteiger partial charge in [0.25, 0.3) is 0 Å². The number of anilines is 1. The summed E-state index contributed by atoms with van der Waals surface area (Å²) in [6.45, 7) is 2.48. The smallest absolute Gasteiger partial charge is 0.189 e. The Balaban J connectivity index is 2.07. The number of aryl methyl sites for hydroxylation is 1. The van der Waals surface area contributed by atoms with E-state index in [0.29, 0.717) is 29.7 Å². The minimum atomic E-state index is 0.557. The summed E-state index contributed by atoms with van der Waals surface area (Å²) in [4.78, 5) is 0. The number of rotatable bonds is 4. The first-order chi connectivity index (χ1) is 10.2. The van der Waals surface area contributed by atoms with Crippen molar-refractivity contribution in [3.63, 3.8) is 0 Å². The summed E-state index contributed by atoms with van der Waals surface area (Å²) in [5.41, 5.74) is 7.27. The third-order valence-electron chi connectivity index (χ3n) is 2.88. The summed E-state index contributed by atoms with van der Waals surface area (Å²) in [6.07, 6.45) is 1.83. The average Bonchev–Trinajstić information content (AvgIpc) is 3.06. The quantitative estimate of drug-likeness (QED) is 0.719. The van der Waals surface area contributed by atoms with Crippen molar-refractivity contribution in [3.8, 4) is 23.0 Å². The van der Waals surface area contributed by atoms with E-state index in [4.69, 9.17) is 10.5 Å². The molecule has 2 heterocycles. The molecule has 3 aromatic rings. The zero-order chi connectivity index (χ0) is 14.8. The van der Waals surface area contributed by atoms with Crippen molar-refractivity contribution < 1.29 is 4.74 Å². The van der Waals surface area contributed by atoms with Crippen LogP contribution in [-0.4, -0.2) is 36.6 Å². The highest BCUT2D eigenvalue weighted by Gasteiger charge is 2.14. The van der Waals surface area contributed by atoms with Crippen LogP contribution < -0.4 is 10.5 Å². The van der Waals surface area contributed by atoms with Crippen LogP contribution in [0.1, 0.15) is 6.92 Å². The zero-order valence-electron chi connectivity index (χ0n) is 11.8. The van der Waals surface area contributed by atoms with Gasteiger partial charge in [0.05, 0.1) is 6.61 Å². The van der Waals surface area contributed by atoms with Gasteiger partial charge in [-0.1, -0.05) is 0 Å². The number of benzene rings is 1. The number of nitrogens with zero attached hydrogens (tertiary/aromatic N) is 6. The van der Waals surface area contributed by atoms with Gasteiger partial charge in [-0.2, -0.15) is 9.78 Å². The molecule has 0 aliphatic rings. The van der Waals surface area contributed by atoms with Gasteiger partial charge in [0.2, 0.25) is 0 Å². The lowest BCUT2D eigenvalue weighted by Gasteiger charge is -2.07. The van der Waals surface area contributed by atoms with Gasteiger partial charge < -0.3 is 10.5 Å². The van der Waals surface area contributed by atoms with Gasteiger partial charge in [-0.15, -0.1) is 5.10 Å². The number of hydrogen-bond acceptors (Lipinski definition) is 6. The highest BCUT2D eigenvalue weighted by Crippen LogP contribution is 2.26. The van der Waals surface area contributed by atoms with E-state index in [1.807, 2.05) is 32.3 Å². The molecule has 0 spiro atoms. The van der Waals surface area contributed by atoms with Crippen molar-refractivity contribution in [3.05, 3.63) is 30.5 Å². The van der Waals surface area contributed by atoms with E-state index in [-0.39, 0.29) is 0 Å². The predicted octanol–water partition coefficient (Wildman–Crippen LogP) is 1.04. The topological polar surface area (TPSA) is 96.7 Å². The molecule has 0 fully saturated rings. The van der Waals surface area contributed by atoms with Gasteiger partial charge in [0, 0.05) is 36.6 Å². The monoisotopic (exact) mass is 285 g/mol. The fraction of sp³-hybridized carbons (Fsp3) is 0.231. The normalized spacial score (nSPS) is 10.8. The molecule has 8 heteroatoms. The lowest BCUT2D eigenvalue weighted by atomic mass is 10.2. The van der Waals surface area contributed by atoms with Crippen molar-refractivity contribution in [2.75, 3.05) is 12.3 Å². The molecule has 108 valence electrons. The van der Waals surface area contributed by atoms with Crippen molar-refractivity contribution in [2.24, 2.45) is 7.05 Å². The predicted molar refractivity (Wildman–Crippen MR) is 76.9 cm³/mol. The van der Waals surface area contributed by atoms with Crippen LogP contribution in [0, 0.1) is 0 Å². The van der Waals surface area contributed by atoms with Crippen molar-refractivity contribution in [2.45, 2.75) is 6.92 Å². The number of hydrogen-bond donors (Lipinski definition) is 1. The third-order valence-corrected chi connectivity index (χ3v) is 2.88. The average molecular weight is 285 g/mol. The van der Waals surface area contributed by atoms with Crippen LogP contribution in [0.3, 0.4) is 0 Å². The number of tetrazole rings is 1. The fourth-order valence-corrected chi connectivity index (χ4v) is 2.04. The summed E-state index contributed by atoms with van der Waals surface area (Å²) in [5.74, 6) is 1.88. The van der Waals surface area contributed by atoms with Crippen LogP contribution in [0.25, 0.3) is 17.2 Å². The molecule has 3 rings (SSSR count). The van der Waals surface area contributed by atoms with Crippen molar-refractivity contribution >= 4 is 5.69 Å². The second kappa shape index (κ2) is 5.23. The molecule has 0 aliphatic heterocycles. The largest absolute Gasteiger partial charge is 0.494 e. The molecule has 1 aromatic carbocycles. The van der Waals surface area contributed by atoms with Gasteiger partial charge >= 0.3 is 0 Å². The molecule has 0 bridgehead atoms. The number of nitrogens with two attached hydrogens (primary N) is 1. The molecule has 0 saturated carbocycles. The molecule has 0 amide bonds. The van der Waals surface area contributed by atoms with Gasteiger partial charge in [0.1, 0.15) is 5.75 Å². The van der Waals surface area contributed by atoms with Crippen LogP contribution in [0.15, 0.2) is 30.5 Å².